The Morgan fingerprint density at radius 2 is 1.84 bits per heavy atom. The zero-order chi connectivity index (χ0) is 22.1. The molecule has 31 heavy (non-hydrogen) atoms. The Morgan fingerprint density at radius 3 is 2.55 bits per heavy atom. The van der Waals surface area contributed by atoms with E-state index in [-0.39, 0.29) is 5.91 Å². The molecule has 4 nitrogen and oxygen atoms in total. The van der Waals surface area contributed by atoms with Gasteiger partial charge in [0.1, 0.15) is 9.93 Å². The second-order valence-electron chi connectivity index (χ2n) is 7.33. The molecule has 0 bridgehead atoms. The van der Waals surface area contributed by atoms with Crippen LogP contribution in [0, 0.1) is 6.92 Å². The quantitative estimate of drug-likeness (QED) is 0.406. The summed E-state index contributed by atoms with van der Waals surface area (Å²) in [6, 6.07) is 11.6. The molecule has 0 aliphatic carbocycles. The highest BCUT2D eigenvalue weighted by Crippen LogP contribution is 2.51. The predicted octanol–water partition coefficient (Wildman–Crippen LogP) is 7.47. The normalized spacial score (nSPS) is 19.6. The van der Waals surface area contributed by atoms with Crippen molar-refractivity contribution in [1.82, 2.24) is 4.90 Å². The first-order valence-electron chi connectivity index (χ1n) is 10.3. The van der Waals surface area contributed by atoms with Gasteiger partial charge in [0.2, 0.25) is 0 Å². The van der Waals surface area contributed by atoms with Crippen molar-refractivity contribution in [3.63, 3.8) is 0 Å². The number of amides is 1. The van der Waals surface area contributed by atoms with E-state index in [1.54, 1.807) is 16.7 Å². The van der Waals surface area contributed by atoms with Gasteiger partial charge in [-0.25, -0.2) is 4.99 Å². The first kappa shape index (κ1) is 22.6. The van der Waals surface area contributed by atoms with Crippen molar-refractivity contribution < 1.29 is 4.79 Å². The summed E-state index contributed by atoms with van der Waals surface area (Å²) in [7, 11) is 0. The Bertz CT molecular complexity index is 1100. The van der Waals surface area contributed by atoms with Crippen molar-refractivity contribution in [2.24, 2.45) is 4.99 Å². The molecule has 2 aliphatic heterocycles. The highest BCUT2D eigenvalue weighted by Gasteiger charge is 2.39. The molecular formula is C23H23Cl2N3OS2. The third-order valence-corrected chi connectivity index (χ3v) is 8.17. The first-order chi connectivity index (χ1) is 14.9. The number of fused-ring (bicyclic) bond motifs is 1. The van der Waals surface area contributed by atoms with E-state index in [0.29, 0.717) is 26.7 Å². The number of rotatable bonds is 5. The molecule has 2 heterocycles. The molecule has 0 atom stereocenters. The van der Waals surface area contributed by atoms with Gasteiger partial charge in [0.05, 0.1) is 11.4 Å². The fourth-order valence-electron chi connectivity index (χ4n) is 3.43. The van der Waals surface area contributed by atoms with Crippen molar-refractivity contribution in [3.05, 3.63) is 61.9 Å². The summed E-state index contributed by atoms with van der Waals surface area (Å²) in [6.07, 6.45) is 1.92. The molecule has 4 rings (SSSR count). The number of unbranched alkanes of at least 4 members (excludes halogenated alkanes) is 1. The molecule has 2 aliphatic rings. The van der Waals surface area contributed by atoms with E-state index in [1.807, 2.05) is 43.3 Å². The lowest BCUT2D eigenvalue weighted by molar-refractivity contribution is -0.122. The lowest BCUT2D eigenvalue weighted by Crippen LogP contribution is -2.30. The average Bonchev–Trinajstić information content (AvgIpc) is 3.25. The first-order valence-corrected chi connectivity index (χ1v) is 12.7. The molecule has 1 fully saturated rings. The number of halogens is 2. The highest BCUT2D eigenvalue weighted by atomic mass is 35.5. The number of carbonyl (C=O) groups excluding carboxylic acids is 1. The van der Waals surface area contributed by atoms with Crippen molar-refractivity contribution >= 4 is 69.2 Å². The molecule has 0 radical (unpaired) electrons. The van der Waals surface area contributed by atoms with E-state index in [9.17, 15) is 4.79 Å². The van der Waals surface area contributed by atoms with Crippen LogP contribution < -0.4 is 4.90 Å². The minimum absolute atomic E-state index is 0.00950. The predicted molar refractivity (Wildman–Crippen MR) is 135 cm³/mol. The van der Waals surface area contributed by atoms with Crippen LogP contribution in [0.3, 0.4) is 0 Å². The second-order valence-corrected chi connectivity index (χ2v) is 10.2. The number of hydrogen-bond donors (Lipinski definition) is 0. The SMILES string of the molecule is CCCCN1C(=O)/C(=C2/Sc3ccc(Cl)cc3N2CC)SC1=Nc1ccc(C)c(Cl)c1. The number of aryl methyl sites for hydroxylation is 1. The number of carbonyl (C=O) groups is 1. The van der Waals surface area contributed by atoms with Gasteiger partial charge >= 0.3 is 0 Å². The Labute approximate surface area is 201 Å². The van der Waals surface area contributed by atoms with Crippen LogP contribution in [0.1, 0.15) is 32.3 Å². The van der Waals surface area contributed by atoms with E-state index in [1.165, 1.54) is 11.8 Å². The van der Waals surface area contributed by atoms with Crippen LogP contribution in [0.4, 0.5) is 11.4 Å². The fraction of sp³-hybridized carbons (Fsp3) is 0.304. The maximum atomic E-state index is 13.5. The van der Waals surface area contributed by atoms with Gasteiger partial charge in [-0.2, -0.15) is 0 Å². The molecule has 8 heteroatoms. The monoisotopic (exact) mass is 491 g/mol. The second kappa shape index (κ2) is 9.49. The van der Waals surface area contributed by atoms with Crippen molar-refractivity contribution in [3.8, 4) is 0 Å². The number of hydrogen-bond acceptors (Lipinski definition) is 5. The Hall–Kier alpha value is -1.60. The van der Waals surface area contributed by atoms with E-state index in [0.717, 1.165) is 46.2 Å². The van der Waals surface area contributed by atoms with E-state index in [2.05, 4.69) is 18.7 Å². The molecular weight excluding hydrogens is 469 g/mol. The molecule has 2 aromatic carbocycles. The minimum atomic E-state index is 0.00950. The number of nitrogens with zero attached hydrogens (tertiary/aromatic N) is 3. The van der Waals surface area contributed by atoms with Gasteiger partial charge < -0.3 is 4.90 Å². The Morgan fingerprint density at radius 1 is 1.03 bits per heavy atom. The largest absolute Gasteiger partial charge is 0.334 e. The zero-order valence-corrected chi connectivity index (χ0v) is 20.8. The van der Waals surface area contributed by atoms with Crippen LogP contribution in [-0.4, -0.2) is 29.1 Å². The molecule has 1 amide bonds. The molecule has 0 spiro atoms. The lowest BCUT2D eigenvalue weighted by atomic mass is 10.2. The summed E-state index contributed by atoms with van der Waals surface area (Å²) in [5, 5.41) is 3.01. The van der Waals surface area contributed by atoms with Crippen LogP contribution in [0.25, 0.3) is 0 Å². The third kappa shape index (κ3) is 4.49. The van der Waals surface area contributed by atoms with Crippen LogP contribution in [0.5, 0.6) is 0 Å². The standard InChI is InChI=1S/C23H23Cl2N3OS2/c1-4-6-11-28-21(29)20(31-23(28)26-16-9-7-14(3)17(25)13-16)22-27(5-2)18-12-15(24)8-10-19(18)30-22/h7-10,12-13H,4-6,11H2,1-3H3/b22-20-,26-23?. The van der Waals surface area contributed by atoms with Gasteiger partial charge in [0.25, 0.3) is 5.91 Å². The molecule has 162 valence electrons. The number of amidine groups is 1. The van der Waals surface area contributed by atoms with Gasteiger partial charge in [-0.1, -0.05) is 54.4 Å². The number of benzene rings is 2. The molecule has 0 aromatic heterocycles. The number of thioether (sulfide) groups is 2. The molecule has 0 saturated carbocycles. The summed E-state index contributed by atoms with van der Waals surface area (Å²) in [5.41, 5.74) is 2.80. The lowest BCUT2D eigenvalue weighted by Gasteiger charge is -2.19. The van der Waals surface area contributed by atoms with Crippen molar-refractivity contribution in [1.29, 1.82) is 0 Å². The van der Waals surface area contributed by atoms with Crippen molar-refractivity contribution in [2.45, 2.75) is 38.5 Å². The van der Waals surface area contributed by atoms with Crippen LogP contribution in [0.15, 0.2) is 56.2 Å². The van der Waals surface area contributed by atoms with Crippen LogP contribution >= 0.6 is 46.7 Å². The fourth-order valence-corrected chi connectivity index (χ4v) is 6.17. The molecule has 1 saturated heterocycles. The smallest absolute Gasteiger partial charge is 0.269 e. The average molecular weight is 492 g/mol. The van der Waals surface area contributed by atoms with Crippen LogP contribution in [-0.2, 0) is 4.79 Å². The Kier molecular flexibility index (Phi) is 6.92. The van der Waals surface area contributed by atoms with Crippen LogP contribution in [0.2, 0.25) is 10.0 Å². The molecule has 0 unspecified atom stereocenters. The summed E-state index contributed by atoms with van der Waals surface area (Å²) >= 11 is 15.6. The summed E-state index contributed by atoms with van der Waals surface area (Å²) in [6.45, 7) is 7.56. The maximum Gasteiger partial charge on any atom is 0.269 e. The highest BCUT2D eigenvalue weighted by molar-refractivity contribution is 8.19. The third-order valence-electron chi connectivity index (χ3n) is 5.15. The Balaban J connectivity index is 1.75. The van der Waals surface area contributed by atoms with E-state index in [4.69, 9.17) is 28.2 Å². The molecule has 2 aromatic rings. The molecule has 0 N–H and O–H groups in total. The zero-order valence-electron chi connectivity index (χ0n) is 17.6. The van der Waals surface area contributed by atoms with Gasteiger partial charge in [-0.3, -0.25) is 9.69 Å². The van der Waals surface area contributed by atoms with Gasteiger partial charge in [0, 0.05) is 28.0 Å². The summed E-state index contributed by atoms with van der Waals surface area (Å²) in [4.78, 5) is 24.1. The van der Waals surface area contributed by atoms with Crippen molar-refractivity contribution in [2.75, 3.05) is 18.0 Å². The van der Waals surface area contributed by atoms with Gasteiger partial charge in [-0.05, 0) is 67.9 Å². The topological polar surface area (TPSA) is 35.9 Å². The van der Waals surface area contributed by atoms with E-state index < -0.39 is 0 Å². The number of anilines is 1. The summed E-state index contributed by atoms with van der Waals surface area (Å²) in [5.74, 6) is 0.00950. The van der Waals surface area contributed by atoms with Gasteiger partial charge in [0.15, 0.2) is 5.17 Å². The summed E-state index contributed by atoms with van der Waals surface area (Å²) < 4.78 is 0. The number of aliphatic imine (C=N–C) groups is 1. The van der Waals surface area contributed by atoms with E-state index >= 15 is 0 Å². The maximum absolute atomic E-state index is 13.5. The minimum Gasteiger partial charge on any atom is -0.334 e. The van der Waals surface area contributed by atoms with Gasteiger partial charge in [-0.15, -0.1) is 0 Å².